The predicted octanol–water partition coefficient (Wildman–Crippen LogP) is 11.9. The Morgan fingerprint density at radius 2 is 0.848 bits per heavy atom. The lowest BCUT2D eigenvalue weighted by Crippen LogP contribution is -1.99. The Labute approximate surface area is 267 Å². The van der Waals surface area contributed by atoms with Gasteiger partial charge in [-0.3, -0.25) is 0 Å². The highest BCUT2D eigenvalue weighted by Gasteiger charge is 2.22. The molecule has 0 aliphatic heterocycles. The lowest BCUT2D eigenvalue weighted by atomic mass is 9.85. The molecule has 46 heavy (non-hydrogen) atoms. The molecule has 0 aliphatic rings. The summed E-state index contributed by atoms with van der Waals surface area (Å²) in [4.78, 5) is 10.8. The second-order valence-electron chi connectivity index (χ2n) is 12.2. The van der Waals surface area contributed by atoms with Crippen molar-refractivity contribution in [2.45, 2.75) is 13.8 Å². The Kier molecular flexibility index (Phi) is 5.97. The summed E-state index contributed by atoms with van der Waals surface area (Å²) in [6.07, 6.45) is 0. The van der Waals surface area contributed by atoms with E-state index in [4.69, 9.17) is 9.97 Å². The van der Waals surface area contributed by atoms with Gasteiger partial charge in [-0.1, -0.05) is 127 Å². The SMILES string of the molecule is Cc1c2c(-c3ccccc3)nc3cc(-c4ccc5ccccc5c4)ccc3c2c(C)c2c(-c3ccccc3)nc3ccccc3c12. The second-order valence-corrected chi connectivity index (χ2v) is 12.2. The summed E-state index contributed by atoms with van der Waals surface area (Å²) in [6, 6.07) is 51.8. The highest BCUT2D eigenvalue weighted by Crippen LogP contribution is 2.45. The smallest absolute Gasteiger partial charge is 0.0791 e. The van der Waals surface area contributed by atoms with Crippen molar-refractivity contribution >= 4 is 54.1 Å². The first-order chi connectivity index (χ1) is 22.7. The fourth-order valence-corrected chi connectivity index (χ4v) is 7.39. The lowest BCUT2D eigenvalue weighted by Gasteiger charge is -2.21. The molecular weight excluding hydrogens is 556 g/mol. The average Bonchev–Trinajstić information content (AvgIpc) is 3.12. The molecule has 0 atom stereocenters. The fourth-order valence-electron chi connectivity index (χ4n) is 7.39. The zero-order chi connectivity index (χ0) is 30.8. The molecule has 0 aliphatic carbocycles. The number of aromatic nitrogens is 2. The van der Waals surface area contributed by atoms with Crippen LogP contribution in [-0.4, -0.2) is 9.97 Å². The van der Waals surface area contributed by atoms with Crippen molar-refractivity contribution in [3.8, 4) is 33.6 Å². The Hall–Kier alpha value is -5.86. The first-order valence-corrected chi connectivity index (χ1v) is 15.8. The standard InChI is InChI=1S/C44H30N2/c1-27-39-35-19-11-12-20-37(35)45-43(30-14-5-3-6-15-30)41(39)28(2)40-36-24-23-34(33-22-21-29-13-9-10-18-32(29)25-33)26-38(36)46-44(42(27)40)31-16-7-4-8-17-31/h3-26H,1-2H3. The molecule has 2 nitrogen and oxygen atoms in total. The number of aryl methyl sites for hydroxylation is 2. The van der Waals surface area contributed by atoms with Gasteiger partial charge in [0.2, 0.25) is 0 Å². The van der Waals surface area contributed by atoms with Crippen LogP contribution in [0, 0.1) is 13.8 Å². The summed E-state index contributed by atoms with van der Waals surface area (Å²) >= 11 is 0. The van der Waals surface area contributed by atoms with Gasteiger partial charge in [0.15, 0.2) is 0 Å². The van der Waals surface area contributed by atoms with E-state index in [0.29, 0.717) is 0 Å². The summed E-state index contributed by atoms with van der Waals surface area (Å²) in [6.45, 7) is 4.55. The molecule has 2 heterocycles. The number of fused-ring (bicyclic) bond motifs is 7. The fraction of sp³-hybridized carbons (Fsp3) is 0.0455. The first kappa shape index (κ1) is 26.5. The third-order valence-corrected chi connectivity index (χ3v) is 9.56. The molecule has 7 aromatic carbocycles. The Bertz CT molecular complexity index is 2640. The van der Waals surface area contributed by atoms with Crippen molar-refractivity contribution in [3.05, 3.63) is 157 Å². The van der Waals surface area contributed by atoms with Crippen molar-refractivity contribution in [2.24, 2.45) is 0 Å². The van der Waals surface area contributed by atoms with Gasteiger partial charge in [0.05, 0.1) is 22.4 Å². The van der Waals surface area contributed by atoms with Crippen LogP contribution in [0.2, 0.25) is 0 Å². The molecule has 0 radical (unpaired) electrons. The van der Waals surface area contributed by atoms with Crippen LogP contribution in [0.25, 0.3) is 87.8 Å². The third-order valence-electron chi connectivity index (χ3n) is 9.56. The van der Waals surface area contributed by atoms with Crippen LogP contribution in [-0.2, 0) is 0 Å². The molecular formula is C44H30N2. The normalized spacial score (nSPS) is 11.7. The molecule has 0 spiro atoms. The van der Waals surface area contributed by atoms with Crippen LogP contribution < -0.4 is 0 Å². The highest BCUT2D eigenvalue weighted by atomic mass is 14.7. The van der Waals surface area contributed by atoms with Gasteiger partial charge in [0.25, 0.3) is 0 Å². The van der Waals surface area contributed by atoms with Crippen molar-refractivity contribution in [1.82, 2.24) is 9.97 Å². The van der Waals surface area contributed by atoms with Crippen LogP contribution in [0.4, 0.5) is 0 Å². The van der Waals surface area contributed by atoms with E-state index in [1.807, 2.05) is 0 Å². The maximum Gasteiger partial charge on any atom is 0.0791 e. The van der Waals surface area contributed by atoms with Crippen molar-refractivity contribution < 1.29 is 0 Å². The van der Waals surface area contributed by atoms with E-state index in [-0.39, 0.29) is 0 Å². The number of hydrogen-bond acceptors (Lipinski definition) is 2. The zero-order valence-electron chi connectivity index (χ0n) is 25.8. The van der Waals surface area contributed by atoms with Crippen LogP contribution >= 0.6 is 0 Å². The molecule has 9 rings (SSSR count). The van der Waals surface area contributed by atoms with E-state index in [0.717, 1.165) is 44.5 Å². The van der Waals surface area contributed by atoms with Crippen LogP contribution in [0.3, 0.4) is 0 Å². The predicted molar refractivity (Wildman–Crippen MR) is 195 cm³/mol. The maximum atomic E-state index is 5.48. The van der Waals surface area contributed by atoms with Gasteiger partial charge in [0, 0.05) is 32.7 Å². The van der Waals surface area contributed by atoms with Gasteiger partial charge >= 0.3 is 0 Å². The van der Waals surface area contributed by atoms with Crippen LogP contribution in [0.1, 0.15) is 11.1 Å². The molecule has 0 bridgehead atoms. The number of nitrogens with zero attached hydrogens (tertiary/aromatic N) is 2. The maximum absolute atomic E-state index is 5.48. The van der Waals surface area contributed by atoms with E-state index < -0.39 is 0 Å². The number of pyridine rings is 2. The molecule has 0 fully saturated rings. The van der Waals surface area contributed by atoms with Gasteiger partial charge < -0.3 is 0 Å². The van der Waals surface area contributed by atoms with Gasteiger partial charge in [0.1, 0.15) is 0 Å². The molecule has 0 saturated carbocycles. The molecule has 0 amide bonds. The molecule has 0 unspecified atom stereocenters. The molecule has 2 aromatic heterocycles. The second kappa shape index (κ2) is 10.4. The topological polar surface area (TPSA) is 25.8 Å². The highest BCUT2D eigenvalue weighted by molar-refractivity contribution is 6.25. The molecule has 0 saturated heterocycles. The van der Waals surface area contributed by atoms with Crippen molar-refractivity contribution in [3.63, 3.8) is 0 Å². The summed E-state index contributed by atoms with van der Waals surface area (Å²) < 4.78 is 0. The Morgan fingerprint density at radius 1 is 0.348 bits per heavy atom. The largest absolute Gasteiger partial charge is 0.247 e. The monoisotopic (exact) mass is 586 g/mol. The summed E-state index contributed by atoms with van der Waals surface area (Å²) in [5.74, 6) is 0. The van der Waals surface area contributed by atoms with Gasteiger partial charge in [-0.15, -0.1) is 0 Å². The number of hydrogen-bond donors (Lipinski definition) is 0. The molecule has 0 N–H and O–H groups in total. The van der Waals surface area contributed by atoms with Gasteiger partial charge in [-0.2, -0.15) is 0 Å². The minimum atomic E-state index is 0.994. The minimum Gasteiger partial charge on any atom is -0.247 e. The first-order valence-electron chi connectivity index (χ1n) is 15.8. The minimum absolute atomic E-state index is 0.994. The van der Waals surface area contributed by atoms with Crippen molar-refractivity contribution in [1.29, 1.82) is 0 Å². The quantitative estimate of drug-likeness (QED) is 0.152. The summed E-state index contributed by atoms with van der Waals surface area (Å²) in [5, 5.41) is 9.73. The molecule has 216 valence electrons. The Balaban J connectivity index is 1.44. The lowest BCUT2D eigenvalue weighted by molar-refractivity contribution is 1.39. The average molecular weight is 587 g/mol. The third kappa shape index (κ3) is 4.04. The Morgan fingerprint density at radius 3 is 1.52 bits per heavy atom. The van der Waals surface area contributed by atoms with E-state index in [9.17, 15) is 0 Å². The number of benzene rings is 7. The van der Waals surface area contributed by atoms with Gasteiger partial charge in [-0.05, 0) is 75.8 Å². The molecule has 2 heteroatoms. The zero-order valence-corrected chi connectivity index (χ0v) is 25.8. The number of rotatable bonds is 3. The van der Waals surface area contributed by atoms with Crippen LogP contribution in [0.5, 0.6) is 0 Å². The number of para-hydroxylation sites is 1. The van der Waals surface area contributed by atoms with E-state index in [1.54, 1.807) is 0 Å². The van der Waals surface area contributed by atoms with Crippen LogP contribution in [0.15, 0.2) is 146 Å². The van der Waals surface area contributed by atoms with Gasteiger partial charge in [-0.25, -0.2) is 9.97 Å². The summed E-state index contributed by atoms with van der Waals surface area (Å²) in [7, 11) is 0. The summed E-state index contributed by atoms with van der Waals surface area (Å²) in [5.41, 5.74) is 11.1. The van der Waals surface area contributed by atoms with E-state index in [2.05, 4.69) is 159 Å². The van der Waals surface area contributed by atoms with E-state index >= 15 is 0 Å². The molecule has 9 aromatic rings. The van der Waals surface area contributed by atoms with E-state index in [1.165, 1.54) is 54.4 Å². The van der Waals surface area contributed by atoms with Crippen molar-refractivity contribution in [2.75, 3.05) is 0 Å².